The highest BCUT2D eigenvalue weighted by atomic mass is 32.2. The van der Waals surface area contributed by atoms with Crippen LogP contribution in [0.5, 0.6) is 0 Å². The molecule has 0 aromatic heterocycles. The van der Waals surface area contributed by atoms with Crippen molar-refractivity contribution in [2.75, 3.05) is 53.2 Å². The molecule has 84 valence electrons. The lowest BCUT2D eigenvalue weighted by Gasteiger charge is -2.34. The second-order valence-electron chi connectivity index (χ2n) is 4.00. The van der Waals surface area contributed by atoms with Gasteiger partial charge in [-0.1, -0.05) is 0 Å². The van der Waals surface area contributed by atoms with Gasteiger partial charge in [0.1, 0.15) is 0 Å². The SMILES string of the molecule is CN(C)CN1CCN(S(C)(=O)=O)CC1. The zero-order valence-corrected chi connectivity index (χ0v) is 9.92. The molecule has 6 heteroatoms. The fraction of sp³-hybridized carbons (Fsp3) is 1.00. The molecule has 0 amide bonds. The van der Waals surface area contributed by atoms with Gasteiger partial charge in [-0.3, -0.25) is 9.80 Å². The van der Waals surface area contributed by atoms with Crippen LogP contribution >= 0.6 is 0 Å². The lowest BCUT2D eigenvalue weighted by Crippen LogP contribution is -2.50. The van der Waals surface area contributed by atoms with E-state index in [2.05, 4.69) is 9.80 Å². The smallest absolute Gasteiger partial charge is 0.211 e. The van der Waals surface area contributed by atoms with Crippen molar-refractivity contribution in [1.82, 2.24) is 14.1 Å². The van der Waals surface area contributed by atoms with Crippen LogP contribution in [0.4, 0.5) is 0 Å². The number of sulfonamides is 1. The molecule has 1 fully saturated rings. The first-order valence-corrected chi connectivity index (χ1v) is 6.56. The molecule has 0 unspecified atom stereocenters. The Morgan fingerprint density at radius 3 is 2.00 bits per heavy atom. The standard InChI is InChI=1S/C8H19N3O2S/c1-9(2)8-10-4-6-11(7-5-10)14(3,12)13/h4-8H2,1-3H3. The summed E-state index contributed by atoms with van der Waals surface area (Å²) in [4.78, 5) is 4.35. The molecule has 0 aliphatic carbocycles. The van der Waals surface area contributed by atoms with Crippen molar-refractivity contribution in [3.63, 3.8) is 0 Å². The van der Waals surface area contributed by atoms with Gasteiger partial charge in [0.05, 0.1) is 12.9 Å². The molecule has 5 nitrogen and oxygen atoms in total. The van der Waals surface area contributed by atoms with Gasteiger partial charge in [0.25, 0.3) is 0 Å². The van der Waals surface area contributed by atoms with Crippen molar-refractivity contribution >= 4 is 10.0 Å². The van der Waals surface area contributed by atoms with E-state index in [1.807, 2.05) is 14.1 Å². The van der Waals surface area contributed by atoms with E-state index >= 15 is 0 Å². The molecule has 1 rings (SSSR count). The van der Waals surface area contributed by atoms with Crippen LogP contribution in [-0.4, -0.2) is 75.7 Å². The number of hydrogen-bond acceptors (Lipinski definition) is 4. The summed E-state index contributed by atoms with van der Waals surface area (Å²) in [6.07, 6.45) is 1.27. The highest BCUT2D eigenvalue weighted by molar-refractivity contribution is 7.88. The summed E-state index contributed by atoms with van der Waals surface area (Å²) in [5.41, 5.74) is 0. The van der Waals surface area contributed by atoms with Crippen molar-refractivity contribution in [2.45, 2.75) is 0 Å². The van der Waals surface area contributed by atoms with E-state index in [0.717, 1.165) is 19.8 Å². The van der Waals surface area contributed by atoms with E-state index in [1.54, 1.807) is 4.31 Å². The first-order chi connectivity index (χ1) is 6.39. The van der Waals surface area contributed by atoms with Crippen LogP contribution in [0.1, 0.15) is 0 Å². The molecule has 0 aromatic carbocycles. The Balaban J connectivity index is 2.39. The van der Waals surface area contributed by atoms with Crippen molar-refractivity contribution < 1.29 is 8.42 Å². The third kappa shape index (κ3) is 3.53. The number of hydrogen-bond donors (Lipinski definition) is 0. The van der Waals surface area contributed by atoms with E-state index in [1.165, 1.54) is 6.26 Å². The second-order valence-corrected chi connectivity index (χ2v) is 5.98. The fourth-order valence-corrected chi connectivity index (χ4v) is 2.43. The van der Waals surface area contributed by atoms with E-state index in [0.29, 0.717) is 13.1 Å². The van der Waals surface area contributed by atoms with Gasteiger partial charge in [-0.05, 0) is 14.1 Å². The zero-order valence-electron chi connectivity index (χ0n) is 9.10. The summed E-state index contributed by atoms with van der Waals surface area (Å²) in [6.45, 7) is 3.79. The molecule has 1 aliphatic rings. The lowest BCUT2D eigenvalue weighted by atomic mass is 10.4. The predicted molar refractivity (Wildman–Crippen MR) is 56.5 cm³/mol. The van der Waals surface area contributed by atoms with E-state index in [-0.39, 0.29) is 0 Å². The molecule has 0 bridgehead atoms. The van der Waals surface area contributed by atoms with Gasteiger partial charge in [-0.2, -0.15) is 4.31 Å². The monoisotopic (exact) mass is 221 g/mol. The van der Waals surface area contributed by atoms with Crippen LogP contribution in [0.15, 0.2) is 0 Å². The van der Waals surface area contributed by atoms with Gasteiger partial charge in [0.2, 0.25) is 10.0 Å². The summed E-state index contributed by atoms with van der Waals surface area (Å²) < 4.78 is 24.0. The van der Waals surface area contributed by atoms with Gasteiger partial charge in [-0.25, -0.2) is 8.42 Å². The first-order valence-electron chi connectivity index (χ1n) is 4.72. The van der Waals surface area contributed by atoms with Crippen molar-refractivity contribution in [3.05, 3.63) is 0 Å². The van der Waals surface area contributed by atoms with Crippen molar-refractivity contribution in [3.8, 4) is 0 Å². The highest BCUT2D eigenvalue weighted by Gasteiger charge is 2.22. The topological polar surface area (TPSA) is 43.9 Å². The van der Waals surface area contributed by atoms with Crippen LogP contribution < -0.4 is 0 Å². The lowest BCUT2D eigenvalue weighted by molar-refractivity contribution is 0.129. The first kappa shape index (κ1) is 11.9. The van der Waals surface area contributed by atoms with E-state index in [9.17, 15) is 8.42 Å². The molecule has 1 aliphatic heterocycles. The molecule has 0 N–H and O–H groups in total. The predicted octanol–water partition coefficient (Wildman–Crippen LogP) is -0.917. The van der Waals surface area contributed by atoms with Gasteiger partial charge >= 0.3 is 0 Å². The van der Waals surface area contributed by atoms with Gasteiger partial charge in [-0.15, -0.1) is 0 Å². The molecular formula is C8H19N3O2S. The quantitative estimate of drug-likeness (QED) is 0.618. The minimum atomic E-state index is -2.98. The molecule has 1 heterocycles. The number of piperazine rings is 1. The maximum Gasteiger partial charge on any atom is 0.211 e. The third-order valence-electron chi connectivity index (χ3n) is 2.28. The summed E-state index contributed by atoms with van der Waals surface area (Å²) in [7, 11) is 1.05. The maximum atomic E-state index is 11.2. The van der Waals surface area contributed by atoms with E-state index in [4.69, 9.17) is 0 Å². The van der Waals surface area contributed by atoms with Crippen LogP contribution in [0, 0.1) is 0 Å². The summed E-state index contributed by atoms with van der Waals surface area (Å²) >= 11 is 0. The van der Waals surface area contributed by atoms with Crippen molar-refractivity contribution in [2.24, 2.45) is 0 Å². The average molecular weight is 221 g/mol. The normalized spacial score (nSPS) is 21.7. The Labute approximate surface area is 86.3 Å². The minimum Gasteiger partial charge on any atom is -0.297 e. The van der Waals surface area contributed by atoms with Crippen LogP contribution in [-0.2, 0) is 10.0 Å². The zero-order chi connectivity index (χ0) is 10.8. The number of rotatable bonds is 3. The van der Waals surface area contributed by atoms with Crippen molar-refractivity contribution in [1.29, 1.82) is 0 Å². The Morgan fingerprint density at radius 1 is 1.14 bits per heavy atom. The summed E-state index contributed by atoms with van der Waals surface area (Å²) in [5, 5.41) is 0. The average Bonchev–Trinajstić information content (AvgIpc) is 2.02. The highest BCUT2D eigenvalue weighted by Crippen LogP contribution is 2.05. The molecule has 0 saturated carbocycles. The Kier molecular flexibility index (Phi) is 3.88. The minimum absolute atomic E-state index is 0.618. The Bertz CT molecular complexity index is 268. The Hall–Kier alpha value is -0.170. The van der Waals surface area contributed by atoms with Crippen LogP contribution in [0.25, 0.3) is 0 Å². The molecule has 0 radical (unpaired) electrons. The van der Waals surface area contributed by atoms with Gasteiger partial charge < -0.3 is 0 Å². The molecule has 1 saturated heterocycles. The molecule has 0 aromatic rings. The summed E-state index contributed by atoms with van der Waals surface area (Å²) in [5.74, 6) is 0. The number of nitrogens with zero attached hydrogens (tertiary/aromatic N) is 3. The van der Waals surface area contributed by atoms with E-state index < -0.39 is 10.0 Å². The van der Waals surface area contributed by atoms with Crippen LogP contribution in [0.2, 0.25) is 0 Å². The third-order valence-corrected chi connectivity index (χ3v) is 3.59. The molecule has 0 atom stereocenters. The van der Waals surface area contributed by atoms with Gasteiger partial charge in [0.15, 0.2) is 0 Å². The second kappa shape index (κ2) is 4.57. The summed E-state index contributed by atoms with van der Waals surface area (Å²) in [6, 6.07) is 0. The largest absolute Gasteiger partial charge is 0.297 e. The van der Waals surface area contributed by atoms with Gasteiger partial charge in [0, 0.05) is 26.2 Å². The molecular weight excluding hydrogens is 202 g/mol. The molecule has 14 heavy (non-hydrogen) atoms. The fourth-order valence-electron chi connectivity index (χ4n) is 1.60. The maximum absolute atomic E-state index is 11.2. The molecule has 0 spiro atoms. The van der Waals surface area contributed by atoms with Crippen LogP contribution in [0.3, 0.4) is 0 Å². The Morgan fingerprint density at radius 2 is 1.64 bits per heavy atom.